The minimum absolute atomic E-state index is 0.0888. The van der Waals surface area contributed by atoms with Gasteiger partial charge in [-0.3, -0.25) is 13.9 Å². The Hall–Kier alpha value is -2.81. The first-order chi connectivity index (χ1) is 12.0. The van der Waals surface area contributed by atoms with Gasteiger partial charge in [-0.15, -0.1) is 0 Å². The van der Waals surface area contributed by atoms with Crippen LogP contribution in [0.5, 0.6) is 0 Å². The highest BCUT2D eigenvalue weighted by Gasteiger charge is 2.18. The standard InChI is InChI=1S/C19H22N4O2/c1-22-16-9-8-13(11-17(16)23(2)19(22)25)10-14(12-20)18(24)21-15-6-4-3-5-7-15/h8-11,15H,3-7H2,1-2H3,(H,21,24)/b14-10+. The maximum absolute atomic E-state index is 12.4. The predicted molar refractivity (Wildman–Crippen MR) is 96.8 cm³/mol. The van der Waals surface area contributed by atoms with Crippen LogP contribution < -0.4 is 11.0 Å². The Labute approximate surface area is 146 Å². The molecule has 1 aromatic carbocycles. The zero-order valence-corrected chi connectivity index (χ0v) is 14.6. The molecule has 130 valence electrons. The lowest BCUT2D eigenvalue weighted by molar-refractivity contribution is -0.117. The number of aromatic nitrogens is 2. The van der Waals surface area contributed by atoms with Crippen LogP contribution in [0.3, 0.4) is 0 Å². The SMILES string of the molecule is Cn1c(=O)n(C)c2cc(/C=C(\C#N)C(=O)NC3CCCCC3)ccc21. The van der Waals surface area contributed by atoms with Gasteiger partial charge < -0.3 is 5.32 Å². The number of rotatable bonds is 3. The molecule has 6 heteroatoms. The molecule has 1 saturated carbocycles. The molecular weight excluding hydrogens is 316 g/mol. The van der Waals surface area contributed by atoms with Crippen molar-refractivity contribution in [1.82, 2.24) is 14.5 Å². The molecule has 0 saturated heterocycles. The number of hydrogen-bond acceptors (Lipinski definition) is 3. The molecule has 0 radical (unpaired) electrons. The zero-order chi connectivity index (χ0) is 18.0. The van der Waals surface area contributed by atoms with Gasteiger partial charge in [0, 0.05) is 20.1 Å². The second-order valence-corrected chi connectivity index (χ2v) is 6.63. The molecule has 1 fully saturated rings. The molecule has 0 aliphatic heterocycles. The molecule has 6 nitrogen and oxygen atoms in total. The summed E-state index contributed by atoms with van der Waals surface area (Å²) in [6.07, 6.45) is 6.98. The number of imidazole rings is 1. The highest BCUT2D eigenvalue weighted by Crippen LogP contribution is 2.19. The van der Waals surface area contributed by atoms with Gasteiger partial charge in [0.25, 0.3) is 5.91 Å². The van der Waals surface area contributed by atoms with Gasteiger partial charge in [0.2, 0.25) is 0 Å². The lowest BCUT2D eigenvalue weighted by Gasteiger charge is -2.22. The van der Waals surface area contributed by atoms with E-state index in [1.807, 2.05) is 24.3 Å². The molecule has 1 aliphatic rings. The van der Waals surface area contributed by atoms with Crippen LogP contribution in [-0.4, -0.2) is 21.1 Å². The summed E-state index contributed by atoms with van der Waals surface area (Å²) < 4.78 is 3.13. The van der Waals surface area contributed by atoms with Crippen LogP contribution in [0.2, 0.25) is 0 Å². The highest BCUT2D eigenvalue weighted by molar-refractivity contribution is 6.02. The van der Waals surface area contributed by atoms with E-state index in [4.69, 9.17) is 0 Å². The van der Waals surface area contributed by atoms with Crippen LogP contribution in [0.15, 0.2) is 28.6 Å². The number of amides is 1. The number of nitriles is 1. The fraction of sp³-hybridized carbons (Fsp3) is 0.421. The number of carbonyl (C=O) groups excluding carboxylic acids is 1. The Morgan fingerprint density at radius 2 is 1.88 bits per heavy atom. The second kappa shape index (κ2) is 6.98. The van der Waals surface area contributed by atoms with E-state index >= 15 is 0 Å². The van der Waals surface area contributed by atoms with Gasteiger partial charge in [0.1, 0.15) is 11.6 Å². The van der Waals surface area contributed by atoms with Gasteiger partial charge in [0.15, 0.2) is 0 Å². The van der Waals surface area contributed by atoms with E-state index in [9.17, 15) is 14.9 Å². The lowest BCUT2D eigenvalue weighted by atomic mass is 9.95. The van der Waals surface area contributed by atoms with E-state index in [1.54, 1.807) is 29.3 Å². The lowest BCUT2D eigenvalue weighted by Crippen LogP contribution is -2.36. The molecule has 1 amide bonds. The summed E-state index contributed by atoms with van der Waals surface area (Å²) in [5.74, 6) is -0.323. The van der Waals surface area contributed by atoms with Crippen molar-refractivity contribution < 1.29 is 4.79 Å². The zero-order valence-electron chi connectivity index (χ0n) is 14.6. The third-order valence-corrected chi connectivity index (χ3v) is 4.91. The Bertz CT molecular complexity index is 937. The Kier molecular flexibility index (Phi) is 4.75. The number of nitrogens with one attached hydrogen (secondary N) is 1. The van der Waals surface area contributed by atoms with Crippen molar-refractivity contribution >= 4 is 23.0 Å². The summed E-state index contributed by atoms with van der Waals surface area (Å²) in [5, 5.41) is 12.3. The number of nitrogens with zero attached hydrogens (tertiary/aromatic N) is 3. The van der Waals surface area contributed by atoms with Gasteiger partial charge in [-0.05, 0) is 36.6 Å². The Balaban J connectivity index is 1.87. The normalized spacial score (nSPS) is 16.0. The summed E-state index contributed by atoms with van der Waals surface area (Å²) >= 11 is 0. The molecule has 0 bridgehead atoms. The molecule has 1 heterocycles. The average molecular weight is 338 g/mol. The quantitative estimate of drug-likeness (QED) is 0.688. The third-order valence-electron chi connectivity index (χ3n) is 4.91. The van der Waals surface area contributed by atoms with Gasteiger partial charge in [0.05, 0.1) is 11.0 Å². The molecule has 3 rings (SSSR count). The van der Waals surface area contributed by atoms with E-state index < -0.39 is 0 Å². The minimum Gasteiger partial charge on any atom is -0.349 e. The van der Waals surface area contributed by atoms with E-state index in [2.05, 4.69) is 5.32 Å². The molecule has 2 aromatic rings. The average Bonchev–Trinajstić information content (AvgIpc) is 2.84. The number of benzene rings is 1. The molecule has 1 aliphatic carbocycles. The topological polar surface area (TPSA) is 79.8 Å². The largest absolute Gasteiger partial charge is 0.349 e. The summed E-state index contributed by atoms with van der Waals surface area (Å²) in [6, 6.07) is 7.62. The van der Waals surface area contributed by atoms with Crippen LogP contribution in [0.4, 0.5) is 0 Å². The molecule has 1 aromatic heterocycles. The number of fused-ring (bicyclic) bond motifs is 1. The van der Waals surface area contributed by atoms with Crippen molar-refractivity contribution in [3.05, 3.63) is 39.8 Å². The maximum atomic E-state index is 12.4. The molecule has 1 N–H and O–H groups in total. The first-order valence-electron chi connectivity index (χ1n) is 8.59. The van der Waals surface area contributed by atoms with Crippen LogP contribution in [0.25, 0.3) is 17.1 Å². The molecular formula is C19H22N4O2. The summed E-state index contributed by atoms with van der Waals surface area (Å²) in [4.78, 5) is 24.4. The monoisotopic (exact) mass is 338 g/mol. The Morgan fingerprint density at radius 3 is 2.56 bits per heavy atom. The van der Waals surface area contributed by atoms with Gasteiger partial charge in [-0.25, -0.2) is 4.79 Å². The fourth-order valence-corrected chi connectivity index (χ4v) is 3.44. The van der Waals surface area contributed by atoms with Crippen LogP contribution in [-0.2, 0) is 18.9 Å². The van der Waals surface area contributed by atoms with E-state index in [0.29, 0.717) is 0 Å². The van der Waals surface area contributed by atoms with Crippen LogP contribution in [0.1, 0.15) is 37.7 Å². The van der Waals surface area contributed by atoms with Gasteiger partial charge in [-0.2, -0.15) is 5.26 Å². The van der Waals surface area contributed by atoms with Gasteiger partial charge >= 0.3 is 5.69 Å². The summed E-state index contributed by atoms with van der Waals surface area (Å²) in [5.41, 5.74) is 2.29. The molecule has 0 atom stereocenters. The number of carbonyl (C=O) groups is 1. The van der Waals surface area contributed by atoms with E-state index in [0.717, 1.165) is 42.3 Å². The van der Waals surface area contributed by atoms with Crippen molar-refractivity contribution in [2.24, 2.45) is 14.1 Å². The van der Waals surface area contributed by atoms with Crippen molar-refractivity contribution in [1.29, 1.82) is 5.26 Å². The molecule has 0 spiro atoms. The van der Waals surface area contributed by atoms with Crippen LogP contribution in [0, 0.1) is 11.3 Å². The summed E-state index contributed by atoms with van der Waals surface area (Å²) in [7, 11) is 3.43. The second-order valence-electron chi connectivity index (χ2n) is 6.63. The van der Waals surface area contributed by atoms with E-state index in [1.165, 1.54) is 6.42 Å². The molecule has 25 heavy (non-hydrogen) atoms. The van der Waals surface area contributed by atoms with Crippen molar-refractivity contribution in [2.75, 3.05) is 0 Å². The van der Waals surface area contributed by atoms with Crippen LogP contribution >= 0.6 is 0 Å². The van der Waals surface area contributed by atoms with Crippen molar-refractivity contribution in [3.8, 4) is 6.07 Å². The number of hydrogen-bond donors (Lipinski definition) is 1. The predicted octanol–water partition coefficient (Wildman–Crippen LogP) is 2.23. The minimum atomic E-state index is -0.323. The Morgan fingerprint density at radius 1 is 1.20 bits per heavy atom. The first-order valence-corrected chi connectivity index (χ1v) is 8.59. The van der Waals surface area contributed by atoms with Crippen molar-refractivity contribution in [3.63, 3.8) is 0 Å². The smallest absolute Gasteiger partial charge is 0.328 e. The van der Waals surface area contributed by atoms with Gasteiger partial charge in [-0.1, -0.05) is 25.3 Å². The van der Waals surface area contributed by atoms with E-state index in [-0.39, 0.29) is 23.2 Å². The highest BCUT2D eigenvalue weighted by atomic mass is 16.2. The molecule has 0 unspecified atom stereocenters. The number of aryl methyl sites for hydroxylation is 2. The summed E-state index contributed by atoms with van der Waals surface area (Å²) in [6.45, 7) is 0. The van der Waals surface area contributed by atoms with Crippen molar-refractivity contribution in [2.45, 2.75) is 38.1 Å². The fourth-order valence-electron chi connectivity index (χ4n) is 3.44. The first kappa shape index (κ1) is 17.0. The maximum Gasteiger partial charge on any atom is 0.328 e. The third kappa shape index (κ3) is 3.36.